The molecule has 1 fully saturated rings. The number of methoxy groups -OCH3 is 1. The zero-order valence-corrected chi connectivity index (χ0v) is 17.9. The number of nitrogens with zero attached hydrogens (tertiary/aromatic N) is 3. The summed E-state index contributed by atoms with van der Waals surface area (Å²) in [5.41, 5.74) is 8.35. The number of hydrogen-bond acceptors (Lipinski definition) is 6. The van der Waals surface area contributed by atoms with Crippen LogP contribution in [-0.4, -0.2) is 48.3 Å². The van der Waals surface area contributed by atoms with Gasteiger partial charge in [0.15, 0.2) is 0 Å². The quantitative estimate of drug-likeness (QED) is 0.331. The van der Waals surface area contributed by atoms with Crippen LogP contribution < -0.4 is 21.2 Å². The molecule has 4 rings (SSSR count). The van der Waals surface area contributed by atoms with Gasteiger partial charge < -0.3 is 20.5 Å². The van der Waals surface area contributed by atoms with Crippen molar-refractivity contribution < 1.29 is 18.8 Å². The van der Waals surface area contributed by atoms with E-state index in [4.69, 9.17) is 20.2 Å². The van der Waals surface area contributed by atoms with Gasteiger partial charge in [-0.2, -0.15) is 0 Å². The lowest BCUT2D eigenvalue weighted by Gasteiger charge is -2.14. The van der Waals surface area contributed by atoms with Crippen LogP contribution in [0.15, 0.2) is 29.2 Å². The van der Waals surface area contributed by atoms with Crippen LogP contribution in [-0.2, 0) is 16.0 Å². The Morgan fingerprint density at radius 1 is 1.48 bits per heavy atom. The van der Waals surface area contributed by atoms with E-state index in [0.29, 0.717) is 49.4 Å². The third kappa shape index (κ3) is 4.11. The van der Waals surface area contributed by atoms with E-state index < -0.39 is 0 Å². The van der Waals surface area contributed by atoms with Gasteiger partial charge in [-0.15, -0.1) is 0 Å². The number of nitrogens with one attached hydrogen (secondary N) is 1. The number of carbonyl (C=O) groups is 1. The number of carbonyl (C=O) groups excluding carboxylic acids is 1. The van der Waals surface area contributed by atoms with Crippen molar-refractivity contribution in [3.05, 3.63) is 45.9 Å². The minimum atomic E-state index is -0.330. The molecule has 1 aliphatic rings. The van der Waals surface area contributed by atoms with E-state index in [0.717, 1.165) is 18.4 Å². The summed E-state index contributed by atoms with van der Waals surface area (Å²) in [5.74, 6) is -0.0533. The van der Waals surface area contributed by atoms with Crippen LogP contribution in [0.5, 0.6) is 0 Å². The Labute approximate surface area is 179 Å². The van der Waals surface area contributed by atoms with E-state index in [1.165, 1.54) is 4.40 Å². The van der Waals surface area contributed by atoms with Crippen LogP contribution in [0.25, 0.3) is 16.7 Å². The molecule has 9 heteroatoms. The SMILES string of the molecule is COCCC[n+]1c(N)c(C(=O)NC[C@H]2CCCO2)cc2c(=O)n3cccc(C)c3nc21. The minimum absolute atomic E-state index is 0.0127. The number of nitrogen functional groups attached to an aromatic ring is 1. The summed E-state index contributed by atoms with van der Waals surface area (Å²) >= 11 is 0. The second-order valence-electron chi connectivity index (χ2n) is 7.83. The Kier molecular flexibility index (Phi) is 6.15. The molecule has 0 radical (unpaired) electrons. The van der Waals surface area contributed by atoms with Crippen molar-refractivity contribution in [2.24, 2.45) is 0 Å². The summed E-state index contributed by atoms with van der Waals surface area (Å²) in [7, 11) is 1.63. The first kappa shape index (κ1) is 21.2. The van der Waals surface area contributed by atoms with Crippen molar-refractivity contribution in [2.75, 3.05) is 32.6 Å². The van der Waals surface area contributed by atoms with Crippen LogP contribution in [0.1, 0.15) is 35.2 Å². The fraction of sp³-hybridized carbons (Fsp3) is 0.455. The molecular weight excluding hydrogens is 398 g/mol. The maximum Gasteiger partial charge on any atom is 0.278 e. The lowest BCUT2D eigenvalue weighted by molar-refractivity contribution is -0.659. The number of aromatic nitrogens is 3. The van der Waals surface area contributed by atoms with Crippen molar-refractivity contribution in [3.8, 4) is 0 Å². The average molecular weight is 426 g/mol. The summed E-state index contributed by atoms with van der Waals surface area (Å²) in [6.07, 6.45) is 4.27. The normalized spacial score (nSPS) is 16.3. The van der Waals surface area contributed by atoms with Crippen LogP contribution in [0.4, 0.5) is 5.82 Å². The molecular formula is C22H28N5O4+. The number of rotatable bonds is 7. The third-order valence-electron chi connectivity index (χ3n) is 5.66. The average Bonchev–Trinajstić information content (AvgIpc) is 3.28. The molecule has 0 unspecified atom stereocenters. The smallest absolute Gasteiger partial charge is 0.278 e. The van der Waals surface area contributed by atoms with E-state index in [9.17, 15) is 9.59 Å². The van der Waals surface area contributed by atoms with Gasteiger partial charge in [0, 0.05) is 45.0 Å². The van der Waals surface area contributed by atoms with Crippen LogP contribution >= 0.6 is 0 Å². The number of fused-ring (bicyclic) bond motifs is 2. The number of ether oxygens (including phenoxy) is 2. The van der Waals surface area contributed by atoms with Gasteiger partial charge in [-0.05, 0) is 31.9 Å². The first-order valence-electron chi connectivity index (χ1n) is 10.5. The van der Waals surface area contributed by atoms with Crippen LogP contribution in [0.2, 0.25) is 0 Å². The molecule has 1 atom stereocenters. The molecule has 9 nitrogen and oxygen atoms in total. The van der Waals surface area contributed by atoms with Crippen LogP contribution in [0, 0.1) is 6.92 Å². The number of anilines is 1. The van der Waals surface area contributed by atoms with E-state index >= 15 is 0 Å². The maximum absolute atomic E-state index is 13.3. The molecule has 1 aliphatic heterocycles. The van der Waals surface area contributed by atoms with E-state index in [-0.39, 0.29) is 29.0 Å². The summed E-state index contributed by atoms with van der Waals surface area (Å²) < 4.78 is 14.0. The molecule has 31 heavy (non-hydrogen) atoms. The highest BCUT2D eigenvalue weighted by atomic mass is 16.5. The van der Waals surface area contributed by atoms with Gasteiger partial charge in [0.05, 0.1) is 12.6 Å². The van der Waals surface area contributed by atoms with Crippen molar-refractivity contribution in [2.45, 2.75) is 38.8 Å². The molecule has 3 aromatic rings. The van der Waals surface area contributed by atoms with Gasteiger partial charge in [0.1, 0.15) is 10.9 Å². The molecule has 0 saturated carbocycles. The second-order valence-corrected chi connectivity index (χ2v) is 7.83. The lowest BCUT2D eigenvalue weighted by atomic mass is 10.1. The zero-order valence-electron chi connectivity index (χ0n) is 17.9. The summed E-state index contributed by atoms with van der Waals surface area (Å²) in [6, 6.07) is 5.25. The third-order valence-corrected chi connectivity index (χ3v) is 5.66. The number of hydrogen-bond donors (Lipinski definition) is 2. The molecule has 164 valence electrons. The summed E-state index contributed by atoms with van der Waals surface area (Å²) in [5, 5.41) is 3.24. The summed E-state index contributed by atoms with van der Waals surface area (Å²) in [4.78, 5) is 31.0. The van der Waals surface area contributed by atoms with Gasteiger partial charge >= 0.3 is 0 Å². The molecule has 0 bridgehead atoms. The van der Waals surface area contributed by atoms with Gasteiger partial charge in [-0.1, -0.05) is 11.1 Å². The molecule has 0 spiro atoms. The monoisotopic (exact) mass is 426 g/mol. The predicted molar refractivity (Wildman–Crippen MR) is 116 cm³/mol. The van der Waals surface area contributed by atoms with Crippen LogP contribution in [0.3, 0.4) is 0 Å². The number of aryl methyl sites for hydroxylation is 2. The van der Waals surface area contributed by atoms with Gasteiger partial charge in [-0.25, -0.2) is 4.57 Å². The molecule has 1 amide bonds. The first-order chi connectivity index (χ1) is 15.0. The molecule has 4 heterocycles. The van der Waals surface area contributed by atoms with Crippen molar-refractivity contribution in [1.29, 1.82) is 0 Å². The second kappa shape index (κ2) is 8.99. The van der Waals surface area contributed by atoms with Gasteiger partial charge in [0.25, 0.3) is 17.1 Å². The number of pyridine rings is 2. The Morgan fingerprint density at radius 2 is 2.32 bits per heavy atom. The molecule has 3 N–H and O–H groups in total. The van der Waals surface area contributed by atoms with E-state index in [1.54, 1.807) is 30.0 Å². The topological polar surface area (TPSA) is 112 Å². The fourth-order valence-electron chi connectivity index (χ4n) is 3.99. The van der Waals surface area contributed by atoms with Crippen molar-refractivity contribution in [1.82, 2.24) is 14.7 Å². The zero-order chi connectivity index (χ0) is 22.0. The number of amides is 1. The maximum atomic E-state index is 13.3. The molecule has 3 aromatic heterocycles. The Balaban J connectivity index is 1.83. The number of nitrogens with two attached hydrogens (primary N) is 1. The first-order valence-corrected chi connectivity index (χ1v) is 10.5. The van der Waals surface area contributed by atoms with Gasteiger partial charge in [-0.3, -0.25) is 14.0 Å². The standard InChI is InChI=1S/C22H27N5O4/c1-14-6-3-8-27-19(14)25-20-17(22(27)29)12-16(18(23)26(20)9-5-10-30-2)21(28)24-13-15-7-4-11-31-15/h3,6,8,12,15,23H,4-5,7,9-11,13H2,1-2H3,(H,24,28)/p+1/t15-/m1/s1. The molecule has 0 aromatic carbocycles. The Hall–Kier alpha value is -3.04. The predicted octanol–water partition coefficient (Wildman–Crippen LogP) is 0.971. The highest BCUT2D eigenvalue weighted by Crippen LogP contribution is 2.17. The van der Waals surface area contributed by atoms with E-state index in [2.05, 4.69) is 5.32 Å². The van der Waals surface area contributed by atoms with Crippen molar-refractivity contribution in [3.63, 3.8) is 0 Å². The largest absolute Gasteiger partial charge is 0.385 e. The van der Waals surface area contributed by atoms with Crippen molar-refractivity contribution >= 4 is 28.4 Å². The Morgan fingerprint density at radius 3 is 3.06 bits per heavy atom. The highest BCUT2D eigenvalue weighted by Gasteiger charge is 2.25. The molecule has 1 saturated heterocycles. The molecule has 0 aliphatic carbocycles. The van der Waals surface area contributed by atoms with Gasteiger partial charge in [0.2, 0.25) is 11.5 Å². The Bertz CT molecular complexity index is 1180. The highest BCUT2D eigenvalue weighted by molar-refractivity contribution is 6.00. The van der Waals surface area contributed by atoms with E-state index in [1.807, 2.05) is 13.0 Å². The lowest BCUT2D eigenvalue weighted by Crippen LogP contribution is -2.43. The summed E-state index contributed by atoms with van der Waals surface area (Å²) in [6.45, 7) is 4.02. The minimum Gasteiger partial charge on any atom is -0.385 e. The fourth-order valence-corrected chi connectivity index (χ4v) is 3.99.